The zero-order valence-electron chi connectivity index (χ0n) is 16.3. The largest absolute Gasteiger partial charge is 0.441 e. The SMILES string of the molecule is Cc1nc2cc(Cl)c(N(C)C(=O)c3cccc(-n4nc(C)c(Cl)c4C)c3)cc2o1. The molecule has 148 valence electrons. The van der Waals surface area contributed by atoms with E-state index >= 15 is 0 Å². The Morgan fingerprint density at radius 3 is 2.59 bits per heavy atom. The summed E-state index contributed by atoms with van der Waals surface area (Å²) in [4.78, 5) is 18.9. The van der Waals surface area contributed by atoms with E-state index in [-0.39, 0.29) is 5.91 Å². The van der Waals surface area contributed by atoms with Crippen LogP contribution in [0.2, 0.25) is 10.0 Å². The first-order valence-corrected chi connectivity index (χ1v) is 9.68. The molecule has 2 aromatic carbocycles. The summed E-state index contributed by atoms with van der Waals surface area (Å²) in [6.07, 6.45) is 0. The van der Waals surface area contributed by atoms with Gasteiger partial charge in [-0.3, -0.25) is 4.79 Å². The minimum absolute atomic E-state index is 0.211. The average molecular weight is 429 g/mol. The van der Waals surface area contributed by atoms with E-state index in [1.807, 2.05) is 26.0 Å². The first kappa shape index (κ1) is 19.5. The fraction of sp³-hybridized carbons (Fsp3) is 0.190. The molecule has 1 amide bonds. The van der Waals surface area contributed by atoms with Crippen LogP contribution in [0, 0.1) is 20.8 Å². The molecule has 0 saturated carbocycles. The summed E-state index contributed by atoms with van der Waals surface area (Å²) < 4.78 is 7.30. The molecule has 0 aliphatic carbocycles. The third-order valence-electron chi connectivity index (χ3n) is 4.77. The number of amides is 1. The summed E-state index contributed by atoms with van der Waals surface area (Å²) in [5.41, 5.74) is 4.58. The molecule has 0 saturated heterocycles. The summed E-state index contributed by atoms with van der Waals surface area (Å²) in [6.45, 7) is 5.49. The molecule has 0 radical (unpaired) electrons. The van der Waals surface area contributed by atoms with Crippen LogP contribution in [-0.4, -0.2) is 27.7 Å². The van der Waals surface area contributed by atoms with E-state index in [1.165, 1.54) is 4.90 Å². The van der Waals surface area contributed by atoms with E-state index in [1.54, 1.807) is 42.9 Å². The van der Waals surface area contributed by atoms with Crippen molar-refractivity contribution in [1.29, 1.82) is 0 Å². The molecule has 2 aromatic heterocycles. The number of fused-ring (bicyclic) bond motifs is 1. The normalized spacial score (nSPS) is 11.2. The number of nitrogens with zero attached hydrogens (tertiary/aromatic N) is 4. The number of anilines is 1. The highest BCUT2D eigenvalue weighted by Crippen LogP contribution is 2.32. The van der Waals surface area contributed by atoms with Gasteiger partial charge in [-0.1, -0.05) is 29.3 Å². The molecule has 0 atom stereocenters. The molecule has 0 unspecified atom stereocenters. The van der Waals surface area contributed by atoms with Crippen molar-refractivity contribution < 1.29 is 9.21 Å². The predicted molar refractivity (Wildman–Crippen MR) is 115 cm³/mol. The summed E-state index contributed by atoms with van der Waals surface area (Å²) in [5.74, 6) is 0.329. The molecule has 2 heterocycles. The number of hydrogen-bond donors (Lipinski definition) is 0. The van der Waals surface area contributed by atoms with Crippen LogP contribution in [0.4, 0.5) is 5.69 Å². The second-order valence-electron chi connectivity index (χ2n) is 6.82. The first-order valence-electron chi connectivity index (χ1n) is 8.93. The third kappa shape index (κ3) is 3.39. The third-order valence-corrected chi connectivity index (χ3v) is 5.62. The van der Waals surface area contributed by atoms with Gasteiger partial charge in [-0.15, -0.1) is 0 Å². The van der Waals surface area contributed by atoms with Crippen LogP contribution < -0.4 is 4.90 Å². The molecule has 29 heavy (non-hydrogen) atoms. The second kappa shape index (κ2) is 7.21. The van der Waals surface area contributed by atoms with Crippen molar-refractivity contribution >= 4 is 45.9 Å². The molecule has 0 aliphatic heterocycles. The molecule has 0 bridgehead atoms. The van der Waals surface area contributed by atoms with Crippen LogP contribution in [0.25, 0.3) is 16.8 Å². The van der Waals surface area contributed by atoms with Crippen molar-refractivity contribution in [2.24, 2.45) is 0 Å². The van der Waals surface area contributed by atoms with Crippen LogP contribution >= 0.6 is 23.2 Å². The Morgan fingerprint density at radius 1 is 1.14 bits per heavy atom. The molecular weight excluding hydrogens is 411 g/mol. The number of carbonyl (C=O) groups excluding carboxylic acids is 1. The Balaban J connectivity index is 1.71. The Hall–Kier alpha value is -2.83. The van der Waals surface area contributed by atoms with Crippen molar-refractivity contribution in [1.82, 2.24) is 14.8 Å². The molecule has 4 rings (SSSR count). The maximum absolute atomic E-state index is 13.1. The van der Waals surface area contributed by atoms with Crippen molar-refractivity contribution in [2.45, 2.75) is 20.8 Å². The number of carbonyl (C=O) groups is 1. The number of hydrogen-bond acceptors (Lipinski definition) is 4. The van der Waals surface area contributed by atoms with Crippen molar-refractivity contribution in [3.8, 4) is 5.69 Å². The fourth-order valence-corrected chi connectivity index (χ4v) is 3.66. The van der Waals surface area contributed by atoms with Gasteiger partial charge in [0.2, 0.25) is 0 Å². The average Bonchev–Trinajstić information content (AvgIpc) is 3.19. The molecule has 0 N–H and O–H groups in total. The predicted octanol–water partition coefficient (Wildman–Crippen LogP) is 5.52. The van der Waals surface area contributed by atoms with Crippen LogP contribution in [-0.2, 0) is 0 Å². The van der Waals surface area contributed by atoms with Gasteiger partial charge >= 0.3 is 0 Å². The Labute approximate surface area is 177 Å². The van der Waals surface area contributed by atoms with E-state index in [0.29, 0.717) is 38.3 Å². The molecule has 8 heteroatoms. The Kier molecular flexibility index (Phi) is 4.84. The zero-order chi connectivity index (χ0) is 20.9. The van der Waals surface area contributed by atoms with Gasteiger partial charge in [-0.05, 0) is 38.1 Å². The number of benzene rings is 2. The lowest BCUT2D eigenvalue weighted by atomic mass is 10.1. The van der Waals surface area contributed by atoms with Gasteiger partial charge in [0.25, 0.3) is 5.91 Å². The lowest BCUT2D eigenvalue weighted by Crippen LogP contribution is -2.26. The quantitative estimate of drug-likeness (QED) is 0.430. The van der Waals surface area contributed by atoms with E-state index < -0.39 is 0 Å². The van der Waals surface area contributed by atoms with Crippen LogP contribution in [0.3, 0.4) is 0 Å². The minimum atomic E-state index is -0.211. The van der Waals surface area contributed by atoms with Crippen LogP contribution in [0.5, 0.6) is 0 Å². The summed E-state index contributed by atoms with van der Waals surface area (Å²) in [5, 5.41) is 5.49. The number of aryl methyl sites for hydroxylation is 2. The molecule has 0 aliphatic rings. The van der Waals surface area contributed by atoms with Gasteiger partial charge in [0.05, 0.1) is 32.8 Å². The zero-order valence-corrected chi connectivity index (χ0v) is 17.8. The maximum Gasteiger partial charge on any atom is 0.258 e. The van der Waals surface area contributed by atoms with E-state index in [2.05, 4.69) is 10.1 Å². The lowest BCUT2D eigenvalue weighted by Gasteiger charge is -2.19. The number of oxazole rings is 1. The molecule has 4 aromatic rings. The minimum Gasteiger partial charge on any atom is -0.441 e. The lowest BCUT2D eigenvalue weighted by molar-refractivity contribution is 0.0993. The molecule has 0 spiro atoms. The Morgan fingerprint density at radius 2 is 1.90 bits per heavy atom. The van der Waals surface area contributed by atoms with Gasteiger partial charge in [0.1, 0.15) is 5.52 Å². The highest BCUT2D eigenvalue weighted by atomic mass is 35.5. The van der Waals surface area contributed by atoms with Crippen molar-refractivity contribution in [3.05, 3.63) is 69.3 Å². The number of aromatic nitrogens is 3. The van der Waals surface area contributed by atoms with Gasteiger partial charge in [-0.25, -0.2) is 9.67 Å². The van der Waals surface area contributed by atoms with Gasteiger partial charge < -0.3 is 9.32 Å². The topological polar surface area (TPSA) is 64.2 Å². The summed E-state index contributed by atoms with van der Waals surface area (Å²) in [7, 11) is 1.67. The Bertz CT molecular complexity index is 1260. The molecule has 0 fully saturated rings. The summed E-state index contributed by atoms with van der Waals surface area (Å²) >= 11 is 12.7. The van der Waals surface area contributed by atoms with Crippen molar-refractivity contribution in [2.75, 3.05) is 11.9 Å². The number of halogens is 2. The van der Waals surface area contributed by atoms with Gasteiger partial charge in [0, 0.05) is 25.6 Å². The summed E-state index contributed by atoms with van der Waals surface area (Å²) in [6, 6.07) is 10.6. The maximum atomic E-state index is 13.1. The number of rotatable bonds is 3. The monoisotopic (exact) mass is 428 g/mol. The molecular formula is C21H18Cl2N4O2. The van der Waals surface area contributed by atoms with E-state index in [0.717, 1.165) is 17.1 Å². The first-order chi connectivity index (χ1) is 13.8. The van der Waals surface area contributed by atoms with E-state index in [4.69, 9.17) is 27.6 Å². The molecule has 6 nitrogen and oxygen atoms in total. The van der Waals surface area contributed by atoms with Crippen molar-refractivity contribution in [3.63, 3.8) is 0 Å². The fourth-order valence-electron chi connectivity index (χ4n) is 3.26. The highest BCUT2D eigenvalue weighted by Gasteiger charge is 2.19. The van der Waals surface area contributed by atoms with Crippen LogP contribution in [0.15, 0.2) is 40.8 Å². The second-order valence-corrected chi connectivity index (χ2v) is 7.60. The van der Waals surface area contributed by atoms with Gasteiger partial charge in [0.15, 0.2) is 11.5 Å². The highest BCUT2D eigenvalue weighted by molar-refractivity contribution is 6.34. The van der Waals surface area contributed by atoms with E-state index in [9.17, 15) is 4.79 Å². The van der Waals surface area contributed by atoms with Gasteiger partial charge in [-0.2, -0.15) is 5.10 Å². The smallest absolute Gasteiger partial charge is 0.258 e. The standard InChI is InChI=1S/C21H18Cl2N4O2/c1-11-20(23)12(2)27(25-11)15-7-5-6-14(8-15)21(28)26(4)18-10-19-17(9-16(18)22)24-13(3)29-19/h5-10H,1-4H3. The van der Waals surface area contributed by atoms with Crippen LogP contribution in [0.1, 0.15) is 27.6 Å².